The SMILES string of the molecule is COc1ccc([C@H](C(=O)O)N(C)CCN2CCCCC2)cc1OC. The number of rotatable bonds is 8. The summed E-state index contributed by atoms with van der Waals surface area (Å²) >= 11 is 0. The van der Waals surface area contributed by atoms with Crippen LogP contribution in [-0.4, -0.2) is 68.3 Å². The van der Waals surface area contributed by atoms with Gasteiger partial charge in [-0.1, -0.05) is 12.5 Å². The van der Waals surface area contributed by atoms with Crippen LogP contribution in [0.5, 0.6) is 11.5 Å². The molecule has 2 rings (SSSR count). The summed E-state index contributed by atoms with van der Waals surface area (Å²) in [7, 11) is 4.98. The van der Waals surface area contributed by atoms with Crippen LogP contribution in [0.2, 0.25) is 0 Å². The number of carbonyl (C=O) groups is 1. The highest BCUT2D eigenvalue weighted by atomic mass is 16.5. The van der Waals surface area contributed by atoms with Gasteiger partial charge in [-0.05, 0) is 50.7 Å². The van der Waals surface area contributed by atoms with Gasteiger partial charge >= 0.3 is 5.97 Å². The topological polar surface area (TPSA) is 62.2 Å². The molecule has 1 heterocycles. The van der Waals surface area contributed by atoms with Crippen molar-refractivity contribution in [2.75, 3.05) is 47.4 Å². The first-order valence-corrected chi connectivity index (χ1v) is 8.44. The van der Waals surface area contributed by atoms with Crippen LogP contribution in [0.4, 0.5) is 0 Å². The Bertz CT molecular complexity index is 544. The second kappa shape index (κ2) is 8.89. The van der Waals surface area contributed by atoms with Crippen LogP contribution in [0.1, 0.15) is 30.9 Å². The van der Waals surface area contributed by atoms with E-state index < -0.39 is 12.0 Å². The van der Waals surface area contributed by atoms with Crippen molar-refractivity contribution < 1.29 is 19.4 Å². The standard InChI is InChI=1S/C18H28N2O4/c1-19(11-12-20-9-5-4-6-10-20)17(18(21)22)14-7-8-15(23-2)16(13-14)24-3/h7-8,13,17H,4-6,9-12H2,1-3H3,(H,21,22)/t17-/m1/s1. The molecule has 0 aliphatic carbocycles. The van der Waals surface area contributed by atoms with Crippen LogP contribution in [0.3, 0.4) is 0 Å². The fraction of sp³-hybridized carbons (Fsp3) is 0.611. The molecular weight excluding hydrogens is 308 g/mol. The van der Waals surface area contributed by atoms with Crippen molar-refractivity contribution in [2.45, 2.75) is 25.3 Å². The van der Waals surface area contributed by atoms with Gasteiger partial charge in [-0.15, -0.1) is 0 Å². The largest absolute Gasteiger partial charge is 0.493 e. The monoisotopic (exact) mass is 336 g/mol. The summed E-state index contributed by atoms with van der Waals surface area (Å²) in [6.45, 7) is 3.84. The van der Waals surface area contributed by atoms with E-state index in [1.807, 2.05) is 11.9 Å². The summed E-state index contributed by atoms with van der Waals surface area (Å²) < 4.78 is 10.5. The second-order valence-corrected chi connectivity index (χ2v) is 6.24. The Morgan fingerprint density at radius 1 is 1.21 bits per heavy atom. The van der Waals surface area contributed by atoms with Crippen LogP contribution in [0, 0.1) is 0 Å². The van der Waals surface area contributed by atoms with Gasteiger partial charge < -0.3 is 19.5 Å². The number of piperidine rings is 1. The highest BCUT2D eigenvalue weighted by Gasteiger charge is 2.26. The molecule has 6 heteroatoms. The molecule has 1 aliphatic rings. The Balaban J connectivity index is 2.08. The van der Waals surface area contributed by atoms with Crippen molar-refractivity contribution in [3.63, 3.8) is 0 Å². The minimum absolute atomic E-state index is 0.547. The number of likely N-dealkylation sites (tertiary alicyclic amines) is 1. The van der Waals surface area contributed by atoms with Crippen molar-refractivity contribution in [3.05, 3.63) is 23.8 Å². The maximum Gasteiger partial charge on any atom is 0.325 e. The molecule has 134 valence electrons. The van der Waals surface area contributed by atoms with E-state index in [0.717, 1.165) is 19.6 Å². The summed E-state index contributed by atoms with van der Waals surface area (Å²) in [5.41, 5.74) is 0.696. The predicted molar refractivity (Wildman–Crippen MR) is 92.8 cm³/mol. The maximum atomic E-state index is 11.8. The first kappa shape index (κ1) is 18.5. The molecular formula is C18H28N2O4. The van der Waals surface area contributed by atoms with Gasteiger partial charge in [0, 0.05) is 13.1 Å². The van der Waals surface area contributed by atoms with E-state index in [2.05, 4.69) is 4.90 Å². The van der Waals surface area contributed by atoms with Crippen LogP contribution < -0.4 is 9.47 Å². The van der Waals surface area contributed by atoms with E-state index >= 15 is 0 Å². The molecule has 0 bridgehead atoms. The first-order valence-electron chi connectivity index (χ1n) is 8.44. The zero-order chi connectivity index (χ0) is 17.5. The Hall–Kier alpha value is -1.79. The van der Waals surface area contributed by atoms with E-state index in [1.165, 1.54) is 19.3 Å². The minimum atomic E-state index is -0.858. The third kappa shape index (κ3) is 4.61. The van der Waals surface area contributed by atoms with Crippen molar-refractivity contribution in [3.8, 4) is 11.5 Å². The average Bonchev–Trinajstić information content (AvgIpc) is 2.60. The summed E-state index contributed by atoms with van der Waals surface area (Å²) in [5, 5.41) is 9.70. The molecule has 0 aromatic heterocycles. The van der Waals surface area contributed by atoms with E-state index in [9.17, 15) is 9.90 Å². The number of hydrogen-bond acceptors (Lipinski definition) is 5. The highest BCUT2D eigenvalue weighted by Crippen LogP contribution is 2.31. The van der Waals surface area contributed by atoms with Gasteiger partial charge in [-0.25, -0.2) is 0 Å². The van der Waals surface area contributed by atoms with Gasteiger partial charge in [-0.2, -0.15) is 0 Å². The number of carboxylic acid groups (broad SMARTS) is 1. The van der Waals surface area contributed by atoms with E-state index in [-0.39, 0.29) is 0 Å². The fourth-order valence-corrected chi connectivity index (χ4v) is 3.22. The average molecular weight is 336 g/mol. The molecule has 1 N–H and O–H groups in total. The van der Waals surface area contributed by atoms with Crippen molar-refractivity contribution in [2.24, 2.45) is 0 Å². The first-order chi connectivity index (χ1) is 11.6. The molecule has 0 amide bonds. The smallest absolute Gasteiger partial charge is 0.325 e. The fourth-order valence-electron chi connectivity index (χ4n) is 3.22. The van der Waals surface area contributed by atoms with Gasteiger partial charge in [0.2, 0.25) is 0 Å². The molecule has 1 saturated heterocycles. The van der Waals surface area contributed by atoms with Gasteiger partial charge in [0.1, 0.15) is 6.04 Å². The molecule has 1 aromatic rings. The highest BCUT2D eigenvalue weighted by molar-refractivity contribution is 5.76. The Morgan fingerprint density at radius 2 is 1.88 bits per heavy atom. The van der Waals surface area contributed by atoms with E-state index in [4.69, 9.17) is 9.47 Å². The predicted octanol–water partition coefficient (Wildman–Crippen LogP) is 2.25. The van der Waals surface area contributed by atoms with Crippen molar-refractivity contribution in [1.29, 1.82) is 0 Å². The van der Waals surface area contributed by atoms with Crippen LogP contribution >= 0.6 is 0 Å². The summed E-state index contributed by atoms with van der Waals surface area (Å²) in [5.74, 6) is 0.287. The normalized spacial score (nSPS) is 16.8. The van der Waals surface area contributed by atoms with Gasteiger partial charge in [-0.3, -0.25) is 9.69 Å². The van der Waals surface area contributed by atoms with Crippen LogP contribution in [-0.2, 0) is 4.79 Å². The molecule has 0 spiro atoms. The molecule has 0 unspecified atom stereocenters. The molecule has 1 aliphatic heterocycles. The van der Waals surface area contributed by atoms with Gasteiger partial charge in [0.15, 0.2) is 11.5 Å². The number of nitrogens with zero attached hydrogens (tertiary/aromatic N) is 2. The Morgan fingerprint density at radius 3 is 2.46 bits per heavy atom. The van der Waals surface area contributed by atoms with Crippen molar-refractivity contribution in [1.82, 2.24) is 9.80 Å². The summed E-state index contributed by atoms with van der Waals surface area (Å²) in [6, 6.07) is 4.59. The molecule has 1 aromatic carbocycles. The molecule has 24 heavy (non-hydrogen) atoms. The number of hydrogen-bond donors (Lipinski definition) is 1. The Labute approximate surface area is 144 Å². The Kier molecular flexibility index (Phi) is 6.87. The molecule has 0 saturated carbocycles. The third-order valence-corrected chi connectivity index (χ3v) is 4.62. The molecule has 0 radical (unpaired) electrons. The third-order valence-electron chi connectivity index (χ3n) is 4.62. The number of methoxy groups -OCH3 is 2. The second-order valence-electron chi connectivity index (χ2n) is 6.24. The summed E-state index contributed by atoms with van der Waals surface area (Å²) in [6.07, 6.45) is 3.78. The number of aliphatic carboxylic acids is 1. The van der Waals surface area contributed by atoms with E-state index in [1.54, 1.807) is 32.4 Å². The molecule has 1 fully saturated rings. The van der Waals surface area contributed by atoms with Crippen molar-refractivity contribution >= 4 is 5.97 Å². The number of ether oxygens (including phenoxy) is 2. The zero-order valence-corrected chi connectivity index (χ0v) is 14.8. The maximum absolute atomic E-state index is 11.8. The summed E-state index contributed by atoms with van der Waals surface area (Å²) in [4.78, 5) is 16.1. The lowest BCUT2D eigenvalue weighted by Gasteiger charge is -2.31. The van der Waals surface area contributed by atoms with E-state index in [0.29, 0.717) is 23.6 Å². The lowest BCUT2D eigenvalue weighted by Crippen LogP contribution is -2.39. The number of benzene rings is 1. The lowest BCUT2D eigenvalue weighted by molar-refractivity contribution is -0.143. The molecule has 1 atom stereocenters. The zero-order valence-electron chi connectivity index (χ0n) is 14.8. The number of likely N-dealkylation sites (N-methyl/N-ethyl adjacent to an activating group) is 1. The van der Waals surface area contributed by atoms with Crippen LogP contribution in [0.15, 0.2) is 18.2 Å². The van der Waals surface area contributed by atoms with Crippen LogP contribution in [0.25, 0.3) is 0 Å². The lowest BCUT2D eigenvalue weighted by atomic mass is 10.0. The number of carboxylic acids is 1. The molecule has 6 nitrogen and oxygen atoms in total. The van der Waals surface area contributed by atoms with Gasteiger partial charge in [0.25, 0.3) is 0 Å². The quantitative estimate of drug-likeness (QED) is 0.786. The minimum Gasteiger partial charge on any atom is -0.493 e. The van der Waals surface area contributed by atoms with Gasteiger partial charge in [0.05, 0.1) is 14.2 Å².